The van der Waals surface area contributed by atoms with Crippen molar-refractivity contribution in [3.63, 3.8) is 0 Å². The molecule has 0 aliphatic heterocycles. The van der Waals surface area contributed by atoms with Crippen molar-refractivity contribution in [2.45, 2.75) is 13.5 Å². The second-order valence-corrected chi connectivity index (χ2v) is 4.70. The van der Waals surface area contributed by atoms with Crippen LogP contribution in [0.5, 0.6) is 5.75 Å². The van der Waals surface area contributed by atoms with Crippen LogP contribution in [0.2, 0.25) is 5.02 Å². The van der Waals surface area contributed by atoms with E-state index in [1.54, 1.807) is 12.1 Å². The fourth-order valence-corrected chi connectivity index (χ4v) is 1.95. The van der Waals surface area contributed by atoms with Crippen molar-refractivity contribution >= 4 is 17.3 Å². The molecule has 2 nitrogen and oxygen atoms in total. The molecular weight excluding hydrogens is 265 g/mol. The van der Waals surface area contributed by atoms with Crippen molar-refractivity contribution in [3.05, 3.63) is 58.4 Å². The molecule has 0 fully saturated rings. The van der Waals surface area contributed by atoms with Crippen molar-refractivity contribution in [1.82, 2.24) is 0 Å². The molecule has 2 aromatic carbocycles. The maximum absolute atomic E-state index is 13.8. The van der Waals surface area contributed by atoms with E-state index in [0.717, 1.165) is 11.3 Å². The Morgan fingerprint density at radius 3 is 2.68 bits per heavy atom. The van der Waals surface area contributed by atoms with Crippen LogP contribution < -0.4 is 10.1 Å². The summed E-state index contributed by atoms with van der Waals surface area (Å²) in [4.78, 5) is 0. The van der Waals surface area contributed by atoms with Gasteiger partial charge < -0.3 is 10.1 Å². The molecule has 0 aliphatic rings. The van der Waals surface area contributed by atoms with Crippen LogP contribution in [0.3, 0.4) is 0 Å². The van der Waals surface area contributed by atoms with Crippen LogP contribution in [0.15, 0.2) is 36.4 Å². The summed E-state index contributed by atoms with van der Waals surface area (Å²) in [5, 5.41) is 3.76. The number of halogens is 2. The molecule has 0 saturated heterocycles. The normalized spacial score (nSPS) is 10.3. The van der Waals surface area contributed by atoms with E-state index in [1.165, 1.54) is 13.2 Å². The van der Waals surface area contributed by atoms with E-state index in [2.05, 4.69) is 5.32 Å². The Hall–Kier alpha value is -1.74. The first-order valence-electron chi connectivity index (χ1n) is 5.92. The summed E-state index contributed by atoms with van der Waals surface area (Å²) in [5.41, 5.74) is 2.47. The maximum Gasteiger partial charge on any atom is 0.131 e. The molecule has 0 heterocycles. The predicted molar refractivity (Wildman–Crippen MR) is 76.5 cm³/mol. The molecule has 0 spiro atoms. The molecule has 0 bridgehead atoms. The molecule has 2 aromatic rings. The zero-order chi connectivity index (χ0) is 13.8. The molecular formula is C15H15ClFNO. The Morgan fingerprint density at radius 1 is 1.21 bits per heavy atom. The van der Waals surface area contributed by atoms with Gasteiger partial charge in [0.25, 0.3) is 0 Å². The summed E-state index contributed by atoms with van der Waals surface area (Å²) >= 11 is 6.07. The topological polar surface area (TPSA) is 21.3 Å². The highest BCUT2D eigenvalue weighted by atomic mass is 35.5. The van der Waals surface area contributed by atoms with Gasteiger partial charge in [0.1, 0.15) is 11.6 Å². The third-order valence-corrected chi connectivity index (χ3v) is 3.18. The predicted octanol–water partition coefficient (Wildman–Crippen LogP) is 4.41. The zero-order valence-electron chi connectivity index (χ0n) is 10.8. The summed E-state index contributed by atoms with van der Waals surface area (Å²) in [6, 6.07) is 10.5. The first kappa shape index (κ1) is 13.7. The fraction of sp³-hybridized carbons (Fsp3) is 0.200. The second-order valence-electron chi connectivity index (χ2n) is 4.29. The monoisotopic (exact) mass is 279 g/mol. The van der Waals surface area contributed by atoms with Crippen LogP contribution in [0.1, 0.15) is 11.1 Å². The molecule has 100 valence electrons. The lowest BCUT2D eigenvalue weighted by Gasteiger charge is -2.10. The fourth-order valence-electron chi connectivity index (χ4n) is 1.76. The lowest BCUT2D eigenvalue weighted by atomic mass is 10.2. The van der Waals surface area contributed by atoms with Crippen LogP contribution in [0, 0.1) is 12.7 Å². The van der Waals surface area contributed by atoms with E-state index < -0.39 is 0 Å². The Kier molecular flexibility index (Phi) is 4.27. The van der Waals surface area contributed by atoms with E-state index in [9.17, 15) is 4.39 Å². The van der Waals surface area contributed by atoms with Gasteiger partial charge in [-0.15, -0.1) is 0 Å². The lowest BCUT2D eigenvalue weighted by molar-refractivity contribution is 0.411. The number of hydrogen-bond donors (Lipinski definition) is 1. The van der Waals surface area contributed by atoms with Gasteiger partial charge in [-0.1, -0.05) is 23.7 Å². The standard InChI is InChI=1S/C15H15ClFNO/c1-10-3-6-13(16)15(7-10)18-9-11-4-5-12(19-2)8-14(11)17/h3-8,18H,9H2,1-2H3. The van der Waals surface area contributed by atoms with Gasteiger partial charge in [-0.2, -0.15) is 0 Å². The average molecular weight is 280 g/mol. The Bertz CT molecular complexity index is 586. The van der Waals surface area contributed by atoms with E-state index in [1.807, 2.05) is 25.1 Å². The quantitative estimate of drug-likeness (QED) is 0.895. The molecule has 0 saturated carbocycles. The summed E-state index contributed by atoms with van der Waals surface area (Å²) in [6.45, 7) is 2.36. The van der Waals surface area contributed by atoms with Gasteiger partial charge in [-0.25, -0.2) is 4.39 Å². The molecule has 0 atom stereocenters. The van der Waals surface area contributed by atoms with Crippen molar-refractivity contribution < 1.29 is 9.13 Å². The first-order chi connectivity index (χ1) is 9.10. The highest BCUT2D eigenvalue weighted by molar-refractivity contribution is 6.33. The molecule has 19 heavy (non-hydrogen) atoms. The van der Waals surface area contributed by atoms with Crippen molar-refractivity contribution in [2.75, 3.05) is 12.4 Å². The number of hydrogen-bond acceptors (Lipinski definition) is 2. The van der Waals surface area contributed by atoms with Crippen LogP contribution in [-0.2, 0) is 6.54 Å². The summed E-state index contributed by atoms with van der Waals surface area (Å²) in [5.74, 6) is 0.213. The molecule has 0 aromatic heterocycles. The largest absolute Gasteiger partial charge is 0.497 e. The number of methoxy groups -OCH3 is 1. The summed E-state index contributed by atoms with van der Waals surface area (Å²) in [7, 11) is 1.51. The van der Waals surface area contributed by atoms with Gasteiger partial charge in [-0.3, -0.25) is 0 Å². The highest BCUT2D eigenvalue weighted by Crippen LogP contribution is 2.24. The minimum Gasteiger partial charge on any atom is -0.497 e. The highest BCUT2D eigenvalue weighted by Gasteiger charge is 2.05. The van der Waals surface area contributed by atoms with Crippen molar-refractivity contribution in [1.29, 1.82) is 0 Å². The van der Waals surface area contributed by atoms with Gasteiger partial charge in [0.15, 0.2) is 0 Å². The Balaban J connectivity index is 2.12. The van der Waals surface area contributed by atoms with Crippen molar-refractivity contribution in [3.8, 4) is 5.75 Å². The van der Waals surface area contributed by atoms with Crippen molar-refractivity contribution in [2.24, 2.45) is 0 Å². The molecule has 0 aliphatic carbocycles. The smallest absolute Gasteiger partial charge is 0.131 e. The molecule has 2 rings (SSSR count). The van der Waals surface area contributed by atoms with E-state index in [0.29, 0.717) is 22.9 Å². The lowest BCUT2D eigenvalue weighted by Crippen LogP contribution is -2.02. The number of nitrogens with one attached hydrogen (secondary N) is 1. The molecule has 0 amide bonds. The minimum absolute atomic E-state index is 0.296. The van der Waals surface area contributed by atoms with Crippen LogP contribution in [-0.4, -0.2) is 7.11 Å². The number of benzene rings is 2. The summed E-state index contributed by atoms with van der Waals surface area (Å²) in [6.07, 6.45) is 0. The third kappa shape index (κ3) is 3.38. The molecule has 0 unspecified atom stereocenters. The van der Waals surface area contributed by atoms with Gasteiger partial charge >= 0.3 is 0 Å². The zero-order valence-corrected chi connectivity index (χ0v) is 11.6. The number of anilines is 1. The summed E-state index contributed by atoms with van der Waals surface area (Å²) < 4.78 is 18.7. The number of ether oxygens (including phenoxy) is 1. The molecule has 0 radical (unpaired) electrons. The molecule has 1 N–H and O–H groups in total. The van der Waals surface area contributed by atoms with Crippen LogP contribution in [0.25, 0.3) is 0 Å². The maximum atomic E-state index is 13.8. The SMILES string of the molecule is COc1ccc(CNc2cc(C)ccc2Cl)c(F)c1. The minimum atomic E-state index is -0.296. The van der Waals surface area contributed by atoms with Gasteiger partial charge in [0.05, 0.1) is 17.8 Å². The van der Waals surface area contributed by atoms with Gasteiger partial charge in [-0.05, 0) is 30.7 Å². The third-order valence-electron chi connectivity index (χ3n) is 2.85. The number of aryl methyl sites for hydroxylation is 1. The van der Waals surface area contributed by atoms with Gasteiger partial charge in [0, 0.05) is 18.2 Å². The van der Waals surface area contributed by atoms with Crippen LogP contribution in [0.4, 0.5) is 10.1 Å². The van der Waals surface area contributed by atoms with E-state index in [4.69, 9.17) is 16.3 Å². The number of rotatable bonds is 4. The Morgan fingerprint density at radius 2 is 2.00 bits per heavy atom. The van der Waals surface area contributed by atoms with Gasteiger partial charge in [0.2, 0.25) is 0 Å². The Labute approximate surface area is 117 Å². The first-order valence-corrected chi connectivity index (χ1v) is 6.30. The van der Waals surface area contributed by atoms with E-state index >= 15 is 0 Å². The second kappa shape index (κ2) is 5.93. The van der Waals surface area contributed by atoms with Crippen LogP contribution >= 0.6 is 11.6 Å². The molecule has 4 heteroatoms. The van der Waals surface area contributed by atoms with E-state index in [-0.39, 0.29) is 5.82 Å². The average Bonchev–Trinajstić information content (AvgIpc) is 2.40.